The Bertz CT molecular complexity index is 1010. The second-order valence-electron chi connectivity index (χ2n) is 6.39. The number of aromatic nitrogens is 1. The topological polar surface area (TPSA) is 51.1 Å². The molecule has 1 heterocycles. The fourth-order valence-corrected chi connectivity index (χ4v) is 2.92. The van der Waals surface area contributed by atoms with E-state index < -0.39 is 0 Å². The van der Waals surface area contributed by atoms with Gasteiger partial charge >= 0.3 is 0 Å². The number of halogens is 1. The highest BCUT2D eigenvalue weighted by Gasteiger charge is 2.16. The zero-order valence-corrected chi connectivity index (χ0v) is 14.9. The maximum Gasteiger partial charge on any atom is 0.272 e. The number of nitrogens with one attached hydrogen (secondary N) is 1. The highest BCUT2D eigenvalue weighted by Crippen LogP contribution is 2.17. The summed E-state index contributed by atoms with van der Waals surface area (Å²) < 4.78 is 14.6. The third-order valence-corrected chi connectivity index (χ3v) is 4.34. The molecule has 5 heteroatoms. The maximum absolute atomic E-state index is 13.1. The lowest BCUT2D eigenvalue weighted by atomic mass is 10.1. The number of fused-ring (bicyclic) bond motifs is 1. The second kappa shape index (κ2) is 7.52. The number of hydrogen-bond acceptors (Lipinski definition) is 2. The van der Waals surface area contributed by atoms with E-state index >= 15 is 0 Å². The van der Waals surface area contributed by atoms with Crippen molar-refractivity contribution in [3.05, 3.63) is 76.0 Å². The van der Waals surface area contributed by atoms with Crippen molar-refractivity contribution < 1.29 is 9.18 Å². The molecule has 26 heavy (non-hydrogen) atoms. The Labute approximate surface area is 151 Å². The number of rotatable bonds is 5. The van der Waals surface area contributed by atoms with E-state index in [4.69, 9.17) is 0 Å². The summed E-state index contributed by atoms with van der Waals surface area (Å²) in [6.45, 7) is 4.45. The molecule has 0 spiro atoms. The van der Waals surface area contributed by atoms with Crippen LogP contribution < -0.4 is 10.9 Å². The number of anilines is 1. The average Bonchev–Trinajstić information content (AvgIpc) is 2.63. The van der Waals surface area contributed by atoms with Crippen molar-refractivity contribution in [3.8, 4) is 0 Å². The lowest BCUT2D eigenvalue weighted by Gasteiger charge is -2.14. The predicted octanol–water partition coefficient (Wildman–Crippen LogP) is 4.50. The van der Waals surface area contributed by atoms with Gasteiger partial charge in [0.05, 0.1) is 0 Å². The van der Waals surface area contributed by atoms with Gasteiger partial charge in [-0.15, -0.1) is 0 Å². The Morgan fingerprint density at radius 3 is 2.54 bits per heavy atom. The van der Waals surface area contributed by atoms with Gasteiger partial charge in [0.15, 0.2) is 0 Å². The number of pyridine rings is 1. The van der Waals surface area contributed by atoms with Gasteiger partial charge in [-0.25, -0.2) is 4.39 Å². The summed E-state index contributed by atoms with van der Waals surface area (Å²) in [4.78, 5) is 25.7. The van der Waals surface area contributed by atoms with Crippen LogP contribution in [0.5, 0.6) is 0 Å². The van der Waals surface area contributed by atoms with Crippen LogP contribution in [0.4, 0.5) is 10.1 Å². The van der Waals surface area contributed by atoms with Crippen LogP contribution in [0.3, 0.4) is 0 Å². The fourth-order valence-electron chi connectivity index (χ4n) is 2.92. The van der Waals surface area contributed by atoms with Crippen molar-refractivity contribution in [3.63, 3.8) is 0 Å². The van der Waals surface area contributed by atoms with Crippen LogP contribution >= 0.6 is 0 Å². The van der Waals surface area contributed by atoms with Crippen LogP contribution in [0.1, 0.15) is 35.8 Å². The van der Waals surface area contributed by atoms with Crippen molar-refractivity contribution in [1.29, 1.82) is 0 Å². The number of carbonyl (C=O) groups is 1. The van der Waals surface area contributed by atoms with Gasteiger partial charge in [-0.1, -0.05) is 31.0 Å². The minimum absolute atomic E-state index is 0.163. The molecule has 0 bridgehead atoms. The van der Waals surface area contributed by atoms with E-state index in [0.29, 0.717) is 23.3 Å². The van der Waals surface area contributed by atoms with E-state index in [0.717, 1.165) is 23.8 Å². The van der Waals surface area contributed by atoms with Crippen molar-refractivity contribution in [2.75, 3.05) is 5.32 Å². The molecule has 0 atom stereocenters. The predicted molar refractivity (Wildman–Crippen MR) is 102 cm³/mol. The summed E-state index contributed by atoms with van der Waals surface area (Å²) in [7, 11) is 0. The first-order valence-electron chi connectivity index (χ1n) is 8.70. The minimum Gasteiger partial charge on any atom is -0.321 e. The number of amides is 1. The zero-order valence-electron chi connectivity index (χ0n) is 14.9. The number of hydrogen-bond donors (Lipinski definition) is 1. The molecule has 1 N–H and O–H groups in total. The number of carbonyl (C=O) groups excluding carboxylic acids is 1. The van der Waals surface area contributed by atoms with E-state index in [1.807, 2.05) is 32.0 Å². The lowest BCUT2D eigenvalue weighted by molar-refractivity contribution is 0.101. The standard InChI is InChI=1S/C21H21FN2O2/c1-3-4-11-24-19(20(25)23-17-9-7-16(22)8-10-17)13-15-6-5-14(2)12-18(15)21(24)26/h5-10,12-13H,3-4,11H2,1-2H3,(H,23,25). The number of benzene rings is 2. The van der Waals surface area contributed by atoms with Crippen LogP contribution in [-0.2, 0) is 6.54 Å². The molecule has 0 aliphatic carbocycles. The summed E-state index contributed by atoms with van der Waals surface area (Å²) in [5.74, 6) is -0.754. The number of unbranched alkanes of at least 4 members (excludes halogenated alkanes) is 1. The van der Waals surface area contributed by atoms with E-state index in [1.54, 1.807) is 6.07 Å². The van der Waals surface area contributed by atoms with Gasteiger partial charge in [-0.2, -0.15) is 0 Å². The molecule has 0 unspecified atom stereocenters. The first-order chi connectivity index (χ1) is 12.5. The van der Waals surface area contributed by atoms with Crippen molar-refractivity contribution in [2.24, 2.45) is 0 Å². The Balaban J connectivity index is 2.07. The molecule has 0 saturated carbocycles. The summed E-state index contributed by atoms with van der Waals surface area (Å²) in [6.07, 6.45) is 1.71. The lowest BCUT2D eigenvalue weighted by Crippen LogP contribution is -2.29. The van der Waals surface area contributed by atoms with Gasteiger partial charge in [0.25, 0.3) is 11.5 Å². The smallest absolute Gasteiger partial charge is 0.272 e. The van der Waals surface area contributed by atoms with Gasteiger partial charge in [0.2, 0.25) is 0 Å². The summed E-state index contributed by atoms with van der Waals surface area (Å²) in [5.41, 5.74) is 1.63. The molecule has 1 aromatic heterocycles. The van der Waals surface area contributed by atoms with Crippen molar-refractivity contribution in [2.45, 2.75) is 33.2 Å². The molecule has 3 aromatic rings. The Morgan fingerprint density at radius 1 is 1.12 bits per heavy atom. The second-order valence-corrected chi connectivity index (χ2v) is 6.39. The van der Waals surface area contributed by atoms with Gasteiger partial charge in [0.1, 0.15) is 11.5 Å². The van der Waals surface area contributed by atoms with E-state index in [-0.39, 0.29) is 17.3 Å². The molecule has 3 rings (SSSR count). The van der Waals surface area contributed by atoms with Gasteiger partial charge in [0, 0.05) is 17.6 Å². The minimum atomic E-state index is -0.382. The van der Waals surface area contributed by atoms with Crippen molar-refractivity contribution >= 4 is 22.4 Å². The molecule has 2 aromatic carbocycles. The SMILES string of the molecule is CCCCn1c(C(=O)Nc2ccc(F)cc2)cc2ccc(C)cc2c1=O. The molecule has 4 nitrogen and oxygen atoms in total. The molecule has 134 valence electrons. The molecular weight excluding hydrogens is 331 g/mol. The Kier molecular flexibility index (Phi) is 5.16. The van der Waals surface area contributed by atoms with Crippen LogP contribution in [-0.4, -0.2) is 10.5 Å². The third kappa shape index (κ3) is 3.67. The van der Waals surface area contributed by atoms with Crippen LogP contribution in [0.15, 0.2) is 53.3 Å². The van der Waals surface area contributed by atoms with Gasteiger partial charge < -0.3 is 9.88 Å². The van der Waals surface area contributed by atoms with Gasteiger partial charge in [-0.3, -0.25) is 9.59 Å². The third-order valence-electron chi connectivity index (χ3n) is 4.34. The van der Waals surface area contributed by atoms with Gasteiger partial charge in [-0.05, 0) is 55.1 Å². The average molecular weight is 352 g/mol. The van der Waals surface area contributed by atoms with E-state index in [1.165, 1.54) is 28.8 Å². The van der Waals surface area contributed by atoms with E-state index in [2.05, 4.69) is 5.32 Å². The van der Waals surface area contributed by atoms with Crippen LogP contribution in [0, 0.1) is 12.7 Å². The summed E-state index contributed by atoms with van der Waals surface area (Å²) >= 11 is 0. The Morgan fingerprint density at radius 2 is 1.85 bits per heavy atom. The normalized spacial score (nSPS) is 10.9. The quantitative estimate of drug-likeness (QED) is 0.735. The largest absolute Gasteiger partial charge is 0.321 e. The zero-order chi connectivity index (χ0) is 18.7. The molecule has 0 radical (unpaired) electrons. The van der Waals surface area contributed by atoms with Crippen LogP contribution in [0.25, 0.3) is 10.8 Å². The van der Waals surface area contributed by atoms with Crippen LogP contribution in [0.2, 0.25) is 0 Å². The molecular formula is C21H21FN2O2. The number of nitrogens with zero attached hydrogens (tertiary/aromatic N) is 1. The summed E-state index contributed by atoms with van der Waals surface area (Å²) in [5, 5.41) is 4.08. The highest BCUT2D eigenvalue weighted by molar-refractivity contribution is 6.05. The molecule has 0 aliphatic rings. The molecule has 1 amide bonds. The molecule has 0 saturated heterocycles. The monoisotopic (exact) mass is 352 g/mol. The number of aryl methyl sites for hydroxylation is 1. The summed E-state index contributed by atoms with van der Waals surface area (Å²) in [6, 6.07) is 12.9. The molecule has 0 aliphatic heterocycles. The Hall–Kier alpha value is -2.95. The molecule has 0 fully saturated rings. The highest BCUT2D eigenvalue weighted by atomic mass is 19.1. The fraction of sp³-hybridized carbons (Fsp3) is 0.238. The first kappa shape index (κ1) is 17.9. The van der Waals surface area contributed by atoms with Crippen molar-refractivity contribution in [1.82, 2.24) is 4.57 Å². The van der Waals surface area contributed by atoms with E-state index in [9.17, 15) is 14.0 Å². The maximum atomic E-state index is 13.1. The first-order valence-corrected chi connectivity index (χ1v) is 8.70.